The molecule has 1 aromatic carbocycles. The summed E-state index contributed by atoms with van der Waals surface area (Å²) in [4.78, 5) is 13.5. The van der Waals surface area contributed by atoms with E-state index in [9.17, 15) is 4.79 Å². The molecule has 3 rings (SSSR count). The third-order valence-electron chi connectivity index (χ3n) is 4.18. The molecule has 2 heterocycles. The summed E-state index contributed by atoms with van der Waals surface area (Å²) in [6, 6.07) is 16.4. The molecule has 0 spiro atoms. The van der Waals surface area contributed by atoms with Crippen molar-refractivity contribution in [2.24, 2.45) is 0 Å². The van der Waals surface area contributed by atoms with Gasteiger partial charge in [-0.15, -0.1) is 22.7 Å². The number of aryl methyl sites for hydroxylation is 1. The van der Waals surface area contributed by atoms with E-state index in [1.165, 1.54) is 21.8 Å². The second-order valence-corrected chi connectivity index (χ2v) is 8.04. The second-order valence-electron chi connectivity index (χ2n) is 6.14. The highest BCUT2D eigenvalue weighted by molar-refractivity contribution is 7.14. The number of hydrogen-bond donors (Lipinski definition) is 2. The van der Waals surface area contributed by atoms with Gasteiger partial charge in [-0.3, -0.25) is 10.1 Å². The zero-order valence-electron chi connectivity index (χ0n) is 15.1. The molecule has 0 unspecified atom stereocenters. The van der Waals surface area contributed by atoms with E-state index in [2.05, 4.69) is 54.0 Å². The summed E-state index contributed by atoms with van der Waals surface area (Å²) in [5.41, 5.74) is 2.96. The van der Waals surface area contributed by atoms with Crippen molar-refractivity contribution < 1.29 is 4.79 Å². The lowest BCUT2D eigenvalue weighted by Gasteiger charge is -2.18. The lowest BCUT2D eigenvalue weighted by atomic mass is 10.0. The van der Waals surface area contributed by atoms with Crippen molar-refractivity contribution in [1.82, 2.24) is 5.32 Å². The van der Waals surface area contributed by atoms with E-state index in [0.717, 1.165) is 18.4 Å². The molecule has 27 heavy (non-hydrogen) atoms. The molecule has 0 radical (unpaired) electrons. The van der Waals surface area contributed by atoms with Crippen molar-refractivity contribution in [2.45, 2.75) is 25.8 Å². The third-order valence-corrected chi connectivity index (χ3v) is 5.95. The molecule has 6 heteroatoms. The van der Waals surface area contributed by atoms with Crippen LogP contribution in [-0.2, 0) is 11.2 Å². The van der Waals surface area contributed by atoms with Gasteiger partial charge < -0.3 is 5.32 Å². The fraction of sp³-hybridized carbons (Fsp3) is 0.238. The van der Waals surface area contributed by atoms with E-state index in [0.29, 0.717) is 10.6 Å². The van der Waals surface area contributed by atoms with Crippen LogP contribution < -0.4 is 10.6 Å². The Balaban J connectivity index is 1.69. The number of thiophene rings is 2. The molecule has 0 fully saturated rings. The van der Waals surface area contributed by atoms with Crippen LogP contribution in [0.5, 0.6) is 0 Å². The van der Waals surface area contributed by atoms with E-state index < -0.39 is 0 Å². The molecule has 0 saturated heterocycles. The lowest BCUT2D eigenvalue weighted by molar-refractivity contribution is -0.115. The number of nitrogens with zero attached hydrogens (tertiary/aromatic N) is 1. The van der Waals surface area contributed by atoms with Gasteiger partial charge in [0.2, 0.25) is 5.91 Å². The Morgan fingerprint density at radius 3 is 2.63 bits per heavy atom. The summed E-state index contributed by atoms with van der Waals surface area (Å²) in [5, 5.41) is 19.7. The van der Waals surface area contributed by atoms with Gasteiger partial charge in [-0.2, -0.15) is 5.26 Å². The summed E-state index contributed by atoms with van der Waals surface area (Å²) in [6.45, 7) is 2.34. The van der Waals surface area contributed by atoms with Gasteiger partial charge in [0.15, 0.2) is 0 Å². The Hall–Kier alpha value is -2.46. The summed E-state index contributed by atoms with van der Waals surface area (Å²) >= 11 is 3.03. The molecule has 0 aliphatic rings. The lowest BCUT2D eigenvalue weighted by Crippen LogP contribution is -2.31. The Bertz CT molecular complexity index is 908. The van der Waals surface area contributed by atoms with Gasteiger partial charge in [-0.1, -0.05) is 43.7 Å². The van der Waals surface area contributed by atoms with Gasteiger partial charge in [0.1, 0.15) is 11.1 Å². The number of nitriles is 1. The Labute approximate surface area is 167 Å². The predicted molar refractivity (Wildman–Crippen MR) is 112 cm³/mol. The first kappa shape index (κ1) is 19.3. The first-order valence-corrected chi connectivity index (χ1v) is 10.6. The van der Waals surface area contributed by atoms with Crippen LogP contribution >= 0.6 is 22.7 Å². The van der Waals surface area contributed by atoms with E-state index in [1.807, 2.05) is 11.4 Å². The van der Waals surface area contributed by atoms with Crippen LogP contribution in [0.1, 0.15) is 41.0 Å². The summed E-state index contributed by atoms with van der Waals surface area (Å²) in [6.07, 6.45) is 2.20. The molecule has 0 aliphatic heterocycles. The normalized spacial score (nSPS) is 11.7. The average Bonchev–Trinajstić information content (AvgIpc) is 3.35. The van der Waals surface area contributed by atoms with Gasteiger partial charge in [-0.25, -0.2) is 0 Å². The third kappa shape index (κ3) is 5.04. The van der Waals surface area contributed by atoms with Crippen molar-refractivity contribution in [1.29, 1.82) is 5.26 Å². The first-order valence-electron chi connectivity index (χ1n) is 8.84. The Morgan fingerprint density at radius 2 is 1.96 bits per heavy atom. The van der Waals surface area contributed by atoms with E-state index in [4.69, 9.17) is 5.26 Å². The molecular weight excluding hydrogens is 374 g/mol. The van der Waals surface area contributed by atoms with Crippen LogP contribution in [0.2, 0.25) is 0 Å². The standard InChI is InChI=1S/C21H21N3OS2/c1-2-4-15-6-8-16(9-7-15)20(18-5-3-11-26-18)23-14-19(25)24-21-17(13-22)10-12-27-21/h3,5-12,20,23H,2,4,14H2,1H3,(H,24,25)/t20-/m1/s1. The monoisotopic (exact) mass is 395 g/mol. The molecule has 2 aromatic heterocycles. The van der Waals surface area contributed by atoms with Gasteiger partial charge in [0, 0.05) is 4.88 Å². The van der Waals surface area contributed by atoms with Crippen molar-refractivity contribution in [2.75, 3.05) is 11.9 Å². The minimum Gasteiger partial charge on any atom is -0.315 e. The van der Waals surface area contributed by atoms with E-state index >= 15 is 0 Å². The maximum atomic E-state index is 12.4. The predicted octanol–water partition coefficient (Wildman–Crippen LogP) is 4.95. The zero-order chi connectivity index (χ0) is 19.1. The smallest absolute Gasteiger partial charge is 0.238 e. The van der Waals surface area contributed by atoms with Crippen molar-refractivity contribution in [3.8, 4) is 6.07 Å². The Morgan fingerprint density at radius 1 is 1.15 bits per heavy atom. The highest BCUT2D eigenvalue weighted by Gasteiger charge is 2.17. The number of amides is 1. The SMILES string of the molecule is CCCc1ccc([C@@H](NCC(=O)Nc2sccc2C#N)c2cccs2)cc1. The van der Waals surface area contributed by atoms with Crippen LogP contribution in [0.15, 0.2) is 53.2 Å². The average molecular weight is 396 g/mol. The van der Waals surface area contributed by atoms with Gasteiger partial charge in [0.25, 0.3) is 0 Å². The van der Waals surface area contributed by atoms with Gasteiger partial charge in [-0.05, 0) is 40.4 Å². The summed E-state index contributed by atoms with van der Waals surface area (Å²) < 4.78 is 0. The molecule has 2 N–H and O–H groups in total. The number of carbonyl (C=O) groups is 1. The molecule has 0 aliphatic carbocycles. The molecular formula is C21H21N3OS2. The molecule has 1 amide bonds. The highest BCUT2D eigenvalue weighted by Crippen LogP contribution is 2.27. The molecule has 0 saturated carbocycles. The van der Waals surface area contributed by atoms with Crippen LogP contribution in [0.3, 0.4) is 0 Å². The summed E-state index contributed by atoms with van der Waals surface area (Å²) in [7, 11) is 0. The first-order chi connectivity index (χ1) is 13.2. The number of carbonyl (C=O) groups excluding carboxylic acids is 1. The second kappa shape index (κ2) is 9.47. The fourth-order valence-corrected chi connectivity index (χ4v) is 4.44. The van der Waals surface area contributed by atoms with Gasteiger partial charge >= 0.3 is 0 Å². The van der Waals surface area contributed by atoms with Crippen molar-refractivity contribution in [3.05, 3.63) is 74.8 Å². The van der Waals surface area contributed by atoms with Crippen LogP contribution in [0.4, 0.5) is 5.00 Å². The zero-order valence-corrected chi connectivity index (χ0v) is 16.7. The van der Waals surface area contributed by atoms with Crippen molar-refractivity contribution in [3.63, 3.8) is 0 Å². The maximum Gasteiger partial charge on any atom is 0.238 e. The summed E-state index contributed by atoms with van der Waals surface area (Å²) in [5.74, 6) is -0.155. The van der Waals surface area contributed by atoms with Gasteiger partial charge in [0.05, 0.1) is 18.2 Å². The minimum absolute atomic E-state index is 0.0369. The van der Waals surface area contributed by atoms with E-state index in [-0.39, 0.29) is 18.5 Å². The van der Waals surface area contributed by atoms with Crippen LogP contribution in [0, 0.1) is 11.3 Å². The van der Waals surface area contributed by atoms with Crippen LogP contribution in [-0.4, -0.2) is 12.5 Å². The molecule has 4 nitrogen and oxygen atoms in total. The minimum atomic E-state index is -0.155. The number of nitrogens with one attached hydrogen (secondary N) is 2. The fourth-order valence-electron chi connectivity index (χ4n) is 2.86. The van der Waals surface area contributed by atoms with Crippen molar-refractivity contribution >= 4 is 33.6 Å². The van der Waals surface area contributed by atoms with Crippen LogP contribution in [0.25, 0.3) is 0 Å². The number of anilines is 1. The highest BCUT2D eigenvalue weighted by atomic mass is 32.1. The number of benzene rings is 1. The molecule has 0 bridgehead atoms. The molecule has 3 aromatic rings. The number of rotatable bonds is 8. The van der Waals surface area contributed by atoms with E-state index in [1.54, 1.807) is 22.8 Å². The molecule has 1 atom stereocenters. The quantitative estimate of drug-likeness (QED) is 0.567. The largest absolute Gasteiger partial charge is 0.315 e. The maximum absolute atomic E-state index is 12.4. The number of hydrogen-bond acceptors (Lipinski definition) is 5. The topological polar surface area (TPSA) is 64.9 Å². The Kier molecular flexibility index (Phi) is 6.77. The molecule has 138 valence electrons.